The minimum absolute atomic E-state index is 0.118. The fourth-order valence-corrected chi connectivity index (χ4v) is 4.74. The number of fused-ring (bicyclic) bond motifs is 3. The van der Waals surface area contributed by atoms with Gasteiger partial charge < -0.3 is 0 Å². The van der Waals surface area contributed by atoms with E-state index in [-0.39, 0.29) is 5.92 Å². The Morgan fingerprint density at radius 3 is 2.45 bits per heavy atom. The number of aryl methyl sites for hydroxylation is 1. The van der Waals surface area contributed by atoms with E-state index in [9.17, 15) is 13.2 Å². The molecule has 0 spiro atoms. The van der Waals surface area contributed by atoms with Crippen molar-refractivity contribution in [3.05, 3.63) is 82.9 Å². The van der Waals surface area contributed by atoms with Crippen LogP contribution in [0.25, 0.3) is 10.8 Å². The summed E-state index contributed by atoms with van der Waals surface area (Å²) in [5.74, 6) is 7.25. The van der Waals surface area contributed by atoms with Crippen molar-refractivity contribution in [2.75, 3.05) is 0 Å². The molecule has 1 aliphatic carbocycles. The lowest BCUT2D eigenvalue weighted by atomic mass is 9.72. The summed E-state index contributed by atoms with van der Waals surface area (Å²) in [6.45, 7) is 2.21. The van der Waals surface area contributed by atoms with Crippen molar-refractivity contribution >= 4 is 10.8 Å². The number of hydrogen-bond donors (Lipinski definition) is 0. The molecule has 0 N–H and O–H groups in total. The van der Waals surface area contributed by atoms with Gasteiger partial charge >= 0.3 is 6.18 Å². The molecule has 0 aromatic heterocycles. The van der Waals surface area contributed by atoms with Gasteiger partial charge in [-0.05, 0) is 71.3 Å². The van der Waals surface area contributed by atoms with E-state index in [1.807, 2.05) is 0 Å². The predicted octanol–water partition coefficient (Wildman–Crippen LogP) is 8.14. The minimum Gasteiger partial charge on any atom is -0.166 e. The zero-order chi connectivity index (χ0) is 21.8. The van der Waals surface area contributed by atoms with Gasteiger partial charge in [0, 0.05) is 11.5 Å². The van der Waals surface area contributed by atoms with Crippen LogP contribution in [0.15, 0.2) is 60.7 Å². The van der Waals surface area contributed by atoms with Gasteiger partial charge in [0.2, 0.25) is 0 Å². The summed E-state index contributed by atoms with van der Waals surface area (Å²) in [5, 5.41) is 2.55. The molecule has 2 atom stereocenters. The van der Waals surface area contributed by atoms with Crippen LogP contribution in [0, 0.1) is 17.8 Å². The first kappa shape index (κ1) is 21.5. The second-order valence-corrected chi connectivity index (χ2v) is 8.47. The summed E-state index contributed by atoms with van der Waals surface area (Å²) in [4.78, 5) is 0. The molecule has 0 unspecified atom stereocenters. The number of benzene rings is 3. The third-order valence-corrected chi connectivity index (χ3v) is 6.41. The smallest absolute Gasteiger partial charge is 0.166 e. The summed E-state index contributed by atoms with van der Waals surface area (Å²) in [5.41, 5.74) is 2.68. The Bertz CT molecular complexity index is 1100. The highest BCUT2D eigenvalue weighted by atomic mass is 19.4. The highest BCUT2D eigenvalue weighted by Crippen LogP contribution is 2.41. The van der Waals surface area contributed by atoms with Crippen molar-refractivity contribution < 1.29 is 13.2 Å². The first-order valence-corrected chi connectivity index (χ1v) is 11.2. The highest BCUT2D eigenvalue weighted by Gasteiger charge is 2.30. The third-order valence-electron chi connectivity index (χ3n) is 6.41. The van der Waals surface area contributed by atoms with E-state index in [4.69, 9.17) is 0 Å². The maximum absolute atomic E-state index is 12.9. The van der Waals surface area contributed by atoms with E-state index in [1.54, 1.807) is 0 Å². The SMILES string of the molecule is CCCCC[C@@H]1CCc2c(ccc3ccccc23)[C@H]1C#Cc1ccc(C(F)(F)F)cc1. The van der Waals surface area contributed by atoms with Crippen LogP contribution in [0.2, 0.25) is 0 Å². The van der Waals surface area contributed by atoms with Gasteiger partial charge in [0.1, 0.15) is 0 Å². The van der Waals surface area contributed by atoms with Crippen LogP contribution in [0.1, 0.15) is 67.2 Å². The molecule has 0 bridgehead atoms. The van der Waals surface area contributed by atoms with E-state index in [0.717, 1.165) is 31.4 Å². The molecule has 0 nitrogen and oxygen atoms in total. The van der Waals surface area contributed by atoms with Crippen molar-refractivity contribution in [1.82, 2.24) is 0 Å². The number of alkyl halides is 3. The Hall–Kier alpha value is -2.73. The summed E-state index contributed by atoms with van der Waals surface area (Å²) >= 11 is 0. The van der Waals surface area contributed by atoms with Gasteiger partial charge in [-0.3, -0.25) is 0 Å². The summed E-state index contributed by atoms with van der Waals surface area (Å²) in [6, 6.07) is 18.1. The average molecular weight is 421 g/mol. The molecule has 3 heteroatoms. The zero-order valence-electron chi connectivity index (χ0n) is 17.8. The molecule has 0 saturated carbocycles. The van der Waals surface area contributed by atoms with E-state index in [2.05, 4.69) is 55.2 Å². The Kier molecular flexibility index (Phi) is 6.37. The lowest BCUT2D eigenvalue weighted by molar-refractivity contribution is -0.137. The minimum atomic E-state index is -4.32. The molecule has 31 heavy (non-hydrogen) atoms. The molecule has 0 fully saturated rings. The molecular weight excluding hydrogens is 393 g/mol. The number of rotatable bonds is 4. The second-order valence-electron chi connectivity index (χ2n) is 8.47. The summed E-state index contributed by atoms with van der Waals surface area (Å²) in [7, 11) is 0. The summed E-state index contributed by atoms with van der Waals surface area (Å²) < 4.78 is 38.6. The van der Waals surface area contributed by atoms with Crippen LogP contribution in [0.5, 0.6) is 0 Å². The van der Waals surface area contributed by atoms with Crippen LogP contribution in [-0.2, 0) is 12.6 Å². The van der Waals surface area contributed by atoms with Gasteiger partial charge in [-0.2, -0.15) is 13.2 Å². The zero-order valence-corrected chi connectivity index (χ0v) is 17.8. The van der Waals surface area contributed by atoms with Crippen LogP contribution in [-0.4, -0.2) is 0 Å². The van der Waals surface area contributed by atoms with Crippen LogP contribution in [0.3, 0.4) is 0 Å². The molecule has 1 aliphatic rings. The lowest BCUT2D eigenvalue weighted by Crippen LogP contribution is -2.20. The molecule has 0 radical (unpaired) electrons. The van der Waals surface area contributed by atoms with Crippen molar-refractivity contribution in [2.45, 2.75) is 57.5 Å². The monoisotopic (exact) mass is 420 g/mol. The molecule has 0 amide bonds. The van der Waals surface area contributed by atoms with Gasteiger partial charge in [-0.1, -0.05) is 74.4 Å². The maximum Gasteiger partial charge on any atom is 0.416 e. The topological polar surface area (TPSA) is 0 Å². The van der Waals surface area contributed by atoms with E-state index in [0.29, 0.717) is 11.5 Å². The fraction of sp³-hybridized carbons (Fsp3) is 0.357. The maximum atomic E-state index is 12.9. The van der Waals surface area contributed by atoms with E-state index in [1.165, 1.54) is 53.3 Å². The van der Waals surface area contributed by atoms with Crippen molar-refractivity contribution in [3.8, 4) is 11.8 Å². The van der Waals surface area contributed by atoms with E-state index >= 15 is 0 Å². The van der Waals surface area contributed by atoms with Crippen molar-refractivity contribution in [2.24, 2.45) is 5.92 Å². The molecule has 160 valence electrons. The molecule has 0 aliphatic heterocycles. The molecule has 3 aromatic carbocycles. The second kappa shape index (κ2) is 9.18. The van der Waals surface area contributed by atoms with Gasteiger partial charge in [0.25, 0.3) is 0 Å². The number of unbranched alkanes of at least 4 members (excludes halogenated alkanes) is 2. The van der Waals surface area contributed by atoms with Crippen LogP contribution in [0.4, 0.5) is 13.2 Å². The molecule has 4 rings (SSSR count). The summed E-state index contributed by atoms with van der Waals surface area (Å²) in [6.07, 6.45) is 2.60. The lowest BCUT2D eigenvalue weighted by Gasteiger charge is -2.31. The van der Waals surface area contributed by atoms with Gasteiger partial charge in [0.05, 0.1) is 5.56 Å². The van der Waals surface area contributed by atoms with E-state index < -0.39 is 11.7 Å². The molecular formula is C28H27F3. The molecule has 0 saturated heterocycles. The fourth-order valence-electron chi connectivity index (χ4n) is 4.74. The largest absolute Gasteiger partial charge is 0.416 e. The Morgan fingerprint density at radius 2 is 1.71 bits per heavy atom. The molecule has 3 aromatic rings. The van der Waals surface area contributed by atoms with Gasteiger partial charge in [-0.15, -0.1) is 0 Å². The van der Waals surface area contributed by atoms with Crippen LogP contribution < -0.4 is 0 Å². The first-order chi connectivity index (χ1) is 15.0. The van der Waals surface area contributed by atoms with Crippen LogP contribution >= 0.6 is 0 Å². The highest BCUT2D eigenvalue weighted by molar-refractivity contribution is 5.87. The first-order valence-electron chi connectivity index (χ1n) is 11.2. The Labute approximate surface area is 182 Å². The standard InChI is InChI=1S/C28H27F3/c1-2-3-4-7-22-14-18-26-24-9-6-5-8-21(24)13-19-27(26)25(22)17-12-20-10-15-23(16-11-20)28(29,30)31/h5-6,8-11,13,15-16,19,22,25H,2-4,7,14,18H2,1H3/t22-,25+/m1/s1. The number of halogens is 3. The quantitative estimate of drug-likeness (QED) is 0.295. The Morgan fingerprint density at radius 1 is 0.935 bits per heavy atom. The predicted molar refractivity (Wildman–Crippen MR) is 121 cm³/mol. The Balaban J connectivity index is 1.69. The van der Waals surface area contributed by atoms with Crippen molar-refractivity contribution in [3.63, 3.8) is 0 Å². The van der Waals surface area contributed by atoms with Gasteiger partial charge in [-0.25, -0.2) is 0 Å². The van der Waals surface area contributed by atoms with Crippen molar-refractivity contribution in [1.29, 1.82) is 0 Å². The average Bonchev–Trinajstić information content (AvgIpc) is 2.77. The molecule has 0 heterocycles. The van der Waals surface area contributed by atoms with Gasteiger partial charge in [0.15, 0.2) is 0 Å². The third kappa shape index (κ3) is 4.79. The normalized spacial score (nSPS) is 18.3. The number of hydrogen-bond acceptors (Lipinski definition) is 0.